The smallest absolute Gasteiger partial charge is 0.243 e. The summed E-state index contributed by atoms with van der Waals surface area (Å²) in [4.78, 5) is 18.0. The molecule has 1 amide bonds. The minimum atomic E-state index is -3.93. The first-order valence-electron chi connectivity index (χ1n) is 13.2. The second kappa shape index (κ2) is 12.0. The van der Waals surface area contributed by atoms with Crippen LogP contribution in [0.25, 0.3) is 11.3 Å². The molecule has 1 unspecified atom stereocenters. The number of benzene rings is 3. The van der Waals surface area contributed by atoms with Gasteiger partial charge in [-0.3, -0.25) is 4.79 Å². The molecule has 1 atom stereocenters. The van der Waals surface area contributed by atoms with Gasteiger partial charge in [0.05, 0.1) is 10.6 Å². The van der Waals surface area contributed by atoms with Crippen LogP contribution in [-0.2, 0) is 27.9 Å². The number of nitrogens with zero attached hydrogens (tertiary/aromatic N) is 2. The molecule has 7 nitrogen and oxygen atoms in total. The van der Waals surface area contributed by atoms with Crippen molar-refractivity contribution in [3.05, 3.63) is 114 Å². The van der Waals surface area contributed by atoms with Crippen LogP contribution in [-0.4, -0.2) is 36.2 Å². The Labute approximate surface area is 234 Å². The van der Waals surface area contributed by atoms with Gasteiger partial charge in [-0.1, -0.05) is 60.2 Å². The van der Waals surface area contributed by atoms with Crippen molar-refractivity contribution >= 4 is 21.7 Å². The summed E-state index contributed by atoms with van der Waals surface area (Å²) in [6.45, 7) is 3.06. The van der Waals surface area contributed by atoms with Crippen molar-refractivity contribution in [1.82, 2.24) is 14.6 Å². The van der Waals surface area contributed by atoms with Crippen molar-refractivity contribution in [2.24, 2.45) is 0 Å². The zero-order valence-corrected chi connectivity index (χ0v) is 23.0. The number of amides is 1. The van der Waals surface area contributed by atoms with Crippen molar-refractivity contribution in [1.29, 1.82) is 0 Å². The molecule has 0 saturated carbocycles. The van der Waals surface area contributed by atoms with Crippen LogP contribution in [0, 0.1) is 12.7 Å². The topological polar surface area (TPSA) is 91.4 Å². The van der Waals surface area contributed by atoms with Gasteiger partial charge in [-0.05, 0) is 67.3 Å². The number of anilines is 1. The fraction of sp³-hybridized carbons (Fsp3) is 0.226. The van der Waals surface area contributed by atoms with E-state index in [1.54, 1.807) is 0 Å². The van der Waals surface area contributed by atoms with E-state index in [2.05, 4.69) is 10.6 Å². The van der Waals surface area contributed by atoms with Crippen LogP contribution in [0.5, 0.6) is 0 Å². The molecule has 0 spiro atoms. The average Bonchev–Trinajstić information content (AvgIpc) is 3.47. The molecule has 5 rings (SSSR count). The molecular weight excluding hydrogens is 527 g/mol. The fourth-order valence-corrected chi connectivity index (χ4v) is 6.44. The summed E-state index contributed by atoms with van der Waals surface area (Å²) < 4.78 is 41.0. The minimum absolute atomic E-state index is 0.0281. The second-order valence-corrected chi connectivity index (χ2v) is 11.8. The van der Waals surface area contributed by atoms with Crippen molar-refractivity contribution in [2.45, 2.75) is 43.8 Å². The number of hydrogen-bond donors (Lipinski definition) is 2. The molecule has 3 aromatic carbocycles. The number of nitrogens with one attached hydrogen (secondary N) is 2. The van der Waals surface area contributed by atoms with E-state index in [1.807, 2.05) is 73.7 Å². The number of halogens is 1. The first kappa shape index (κ1) is 27.5. The Hall–Kier alpha value is -4.08. The zero-order valence-electron chi connectivity index (χ0n) is 22.2. The van der Waals surface area contributed by atoms with E-state index in [-0.39, 0.29) is 23.9 Å². The molecule has 1 aromatic heterocycles. The normalized spacial score (nSPS) is 15.6. The number of aryl methyl sites for hydroxylation is 1. The predicted octanol–water partition coefficient (Wildman–Crippen LogP) is 5.28. The summed E-state index contributed by atoms with van der Waals surface area (Å²) in [5.41, 5.74) is 4.81. The van der Waals surface area contributed by atoms with Crippen LogP contribution >= 0.6 is 0 Å². The number of rotatable bonds is 9. The molecule has 1 saturated heterocycles. The Kier molecular flexibility index (Phi) is 8.23. The third-order valence-corrected chi connectivity index (χ3v) is 8.86. The maximum absolute atomic E-state index is 13.4. The highest BCUT2D eigenvalue weighted by atomic mass is 32.2. The molecule has 1 aliphatic heterocycles. The van der Waals surface area contributed by atoms with Crippen LogP contribution in [0.3, 0.4) is 0 Å². The summed E-state index contributed by atoms with van der Waals surface area (Å²) in [6, 6.07) is 25.7. The van der Waals surface area contributed by atoms with Crippen molar-refractivity contribution in [3.63, 3.8) is 0 Å². The van der Waals surface area contributed by atoms with Gasteiger partial charge in [0.25, 0.3) is 0 Å². The molecule has 206 valence electrons. The molecule has 1 fully saturated rings. The molecular formula is C31H31FN4O3S. The maximum Gasteiger partial charge on any atom is 0.243 e. The van der Waals surface area contributed by atoms with E-state index in [0.717, 1.165) is 40.1 Å². The highest BCUT2D eigenvalue weighted by Gasteiger charge is 2.39. The molecule has 2 heterocycles. The second-order valence-electron chi connectivity index (χ2n) is 9.90. The van der Waals surface area contributed by atoms with E-state index in [9.17, 15) is 17.6 Å². The SMILES string of the molecule is Cc1ccc(-c2cc(CNC(=O)C3CCCN3S(=O)(=O)c3ccc(F)cc3)cc(NCc3ccccc3)n2)cc1. The standard InChI is InChI=1S/C31H31FN4O3S/c1-22-9-11-25(12-10-22)28-18-24(19-30(35-28)33-20-23-6-3-2-4-7-23)21-34-31(37)29-8-5-17-36(29)40(38,39)27-15-13-26(32)14-16-27/h2-4,6-7,9-16,18-19,29H,5,8,17,20-21H2,1H3,(H,33,35)(H,34,37). The Morgan fingerprint density at radius 2 is 1.68 bits per heavy atom. The highest BCUT2D eigenvalue weighted by Crippen LogP contribution is 2.27. The van der Waals surface area contributed by atoms with Gasteiger partial charge in [0.15, 0.2) is 0 Å². The van der Waals surface area contributed by atoms with Crippen LogP contribution < -0.4 is 10.6 Å². The quantitative estimate of drug-likeness (QED) is 0.292. The van der Waals surface area contributed by atoms with Gasteiger partial charge in [0.2, 0.25) is 15.9 Å². The van der Waals surface area contributed by atoms with Crippen LogP contribution in [0.15, 0.2) is 95.9 Å². The summed E-state index contributed by atoms with van der Waals surface area (Å²) in [5.74, 6) is -0.210. The lowest BCUT2D eigenvalue weighted by atomic mass is 10.1. The highest BCUT2D eigenvalue weighted by molar-refractivity contribution is 7.89. The van der Waals surface area contributed by atoms with Gasteiger partial charge in [0, 0.05) is 25.2 Å². The van der Waals surface area contributed by atoms with Crippen molar-refractivity contribution in [2.75, 3.05) is 11.9 Å². The Morgan fingerprint density at radius 3 is 2.40 bits per heavy atom. The van der Waals surface area contributed by atoms with Gasteiger partial charge in [0.1, 0.15) is 17.7 Å². The number of carbonyl (C=O) groups excluding carboxylic acids is 1. The van der Waals surface area contributed by atoms with Gasteiger partial charge in [-0.2, -0.15) is 4.31 Å². The molecule has 1 aliphatic rings. The lowest BCUT2D eigenvalue weighted by Crippen LogP contribution is -2.45. The largest absolute Gasteiger partial charge is 0.366 e. The van der Waals surface area contributed by atoms with Crippen molar-refractivity contribution < 1.29 is 17.6 Å². The molecule has 9 heteroatoms. The summed E-state index contributed by atoms with van der Waals surface area (Å²) in [7, 11) is -3.93. The lowest BCUT2D eigenvalue weighted by molar-refractivity contribution is -0.124. The fourth-order valence-electron chi connectivity index (χ4n) is 4.78. The van der Waals surface area contributed by atoms with E-state index < -0.39 is 21.9 Å². The minimum Gasteiger partial charge on any atom is -0.366 e. The van der Waals surface area contributed by atoms with Gasteiger partial charge in [-0.25, -0.2) is 17.8 Å². The first-order chi connectivity index (χ1) is 19.3. The average molecular weight is 559 g/mol. The molecule has 4 aromatic rings. The van der Waals surface area contributed by atoms with E-state index in [1.165, 1.54) is 16.4 Å². The summed E-state index contributed by atoms with van der Waals surface area (Å²) in [5, 5.41) is 6.31. The van der Waals surface area contributed by atoms with Gasteiger partial charge >= 0.3 is 0 Å². The Bertz CT molecular complexity index is 1580. The van der Waals surface area contributed by atoms with Crippen LogP contribution in [0.2, 0.25) is 0 Å². The third kappa shape index (κ3) is 6.38. The molecule has 0 radical (unpaired) electrons. The Balaban J connectivity index is 1.33. The number of pyridine rings is 1. The lowest BCUT2D eigenvalue weighted by Gasteiger charge is -2.23. The third-order valence-electron chi connectivity index (χ3n) is 6.94. The van der Waals surface area contributed by atoms with Crippen LogP contribution in [0.1, 0.15) is 29.5 Å². The molecule has 0 bridgehead atoms. The monoisotopic (exact) mass is 558 g/mol. The zero-order chi connectivity index (χ0) is 28.1. The van der Waals surface area contributed by atoms with Crippen LogP contribution in [0.4, 0.5) is 10.2 Å². The van der Waals surface area contributed by atoms with Gasteiger partial charge < -0.3 is 10.6 Å². The first-order valence-corrected chi connectivity index (χ1v) is 14.6. The predicted molar refractivity (Wildman–Crippen MR) is 153 cm³/mol. The maximum atomic E-state index is 13.4. The number of sulfonamides is 1. The molecule has 40 heavy (non-hydrogen) atoms. The summed E-state index contributed by atoms with van der Waals surface area (Å²) >= 11 is 0. The number of carbonyl (C=O) groups is 1. The molecule has 0 aliphatic carbocycles. The van der Waals surface area contributed by atoms with Gasteiger partial charge in [-0.15, -0.1) is 0 Å². The summed E-state index contributed by atoms with van der Waals surface area (Å²) in [6.07, 6.45) is 0.986. The Morgan fingerprint density at radius 1 is 0.950 bits per heavy atom. The van der Waals surface area contributed by atoms with E-state index in [4.69, 9.17) is 4.98 Å². The molecule has 2 N–H and O–H groups in total. The number of hydrogen-bond acceptors (Lipinski definition) is 5. The van der Waals surface area contributed by atoms with E-state index >= 15 is 0 Å². The van der Waals surface area contributed by atoms with Crippen molar-refractivity contribution in [3.8, 4) is 11.3 Å². The number of aromatic nitrogens is 1. The van der Waals surface area contributed by atoms with E-state index in [0.29, 0.717) is 25.2 Å².